The largest absolute Gasteiger partial charge is 0.323 e. The molecule has 6 heteroatoms. The van der Waals surface area contributed by atoms with E-state index in [1.54, 1.807) is 11.5 Å². The number of rotatable bonds is 3. The Hall–Kier alpha value is -2.81. The van der Waals surface area contributed by atoms with E-state index in [0.717, 1.165) is 12.1 Å². The number of benzene rings is 2. The fourth-order valence-corrected chi connectivity index (χ4v) is 2.44. The van der Waals surface area contributed by atoms with E-state index in [2.05, 4.69) is 11.1 Å². The zero-order valence-electron chi connectivity index (χ0n) is 12.2. The summed E-state index contributed by atoms with van der Waals surface area (Å²) in [6.07, 6.45) is 0. The normalized spacial score (nSPS) is 12.3. The van der Waals surface area contributed by atoms with E-state index in [1.165, 1.54) is 24.3 Å². The van der Waals surface area contributed by atoms with Gasteiger partial charge in [-0.2, -0.15) is 5.26 Å². The molecular weight excluding hydrogens is 303 g/mol. The van der Waals surface area contributed by atoms with Crippen molar-refractivity contribution in [3.05, 3.63) is 53.8 Å². The minimum Gasteiger partial charge on any atom is -0.323 e. The van der Waals surface area contributed by atoms with Crippen molar-refractivity contribution >= 4 is 11.0 Å². The summed E-state index contributed by atoms with van der Waals surface area (Å²) >= 11 is 0. The quantitative estimate of drug-likeness (QED) is 0.724. The topological polar surface area (TPSA) is 41.6 Å². The molecule has 0 N–H and O–H groups in total. The summed E-state index contributed by atoms with van der Waals surface area (Å²) in [7, 11) is 0. The SMILES string of the molecule is CC(C#N)Cn1c(-c2ccc(F)cc2)nc2cc(F)c(F)cc21. The van der Waals surface area contributed by atoms with Crippen molar-refractivity contribution < 1.29 is 13.2 Å². The van der Waals surface area contributed by atoms with Gasteiger partial charge in [-0.15, -0.1) is 0 Å². The summed E-state index contributed by atoms with van der Waals surface area (Å²) in [5, 5.41) is 9.03. The van der Waals surface area contributed by atoms with Gasteiger partial charge in [-0.25, -0.2) is 18.2 Å². The summed E-state index contributed by atoms with van der Waals surface area (Å²) in [5.74, 6) is -2.26. The standard InChI is InChI=1S/C17H12F3N3/c1-10(8-21)9-23-16-7-14(20)13(19)6-15(16)22-17(23)11-2-4-12(18)5-3-11/h2-7,10H,9H2,1H3. The first-order valence-corrected chi connectivity index (χ1v) is 7.00. The van der Waals surface area contributed by atoms with Gasteiger partial charge in [0.1, 0.15) is 11.6 Å². The maximum atomic E-state index is 13.6. The Labute approximate surface area is 130 Å². The molecule has 0 saturated carbocycles. The van der Waals surface area contributed by atoms with Gasteiger partial charge >= 0.3 is 0 Å². The van der Waals surface area contributed by atoms with Crippen molar-refractivity contribution in [1.29, 1.82) is 5.26 Å². The molecule has 23 heavy (non-hydrogen) atoms. The monoisotopic (exact) mass is 315 g/mol. The van der Waals surface area contributed by atoms with Crippen LogP contribution in [0.4, 0.5) is 13.2 Å². The zero-order chi connectivity index (χ0) is 16.6. The van der Waals surface area contributed by atoms with E-state index in [-0.39, 0.29) is 23.8 Å². The Bertz CT molecular complexity index is 907. The van der Waals surface area contributed by atoms with Crippen molar-refractivity contribution in [2.45, 2.75) is 13.5 Å². The molecule has 1 unspecified atom stereocenters. The lowest BCUT2D eigenvalue weighted by atomic mass is 10.1. The number of hydrogen-bond acceptors (Lipinski definition) is 2. The second kappa shape index (κ2) is 5.76. The molecule has 1 heterocycles. The smallest absolute Gasteiger partial charge is 0.161 e. The summed E-state index contributed by atoms with van der Waals surface area (Å²) in [6, 6.07) is 9.84. The third-order valence-electron chi connectivity index (χ3n) is 3.57. The molecule has 116 valence electrons. The number of imidazole rings is 1. The first-order valence-electron chi connectivity index (χ1n) is 7.00. The van der Waals surface area contributed by atoms with Crippen LogP contribution in [0.5, 0.6) is 0 Å². The molecule has 1 aromatic heterocycles. The van der Waals surface area contributed by atoms with E-state index >= 15 is 0 Å². The highest BCUT2D eigenvalue weighted by Crippen LogP contribution is 2.27. The highest BCUT2D eigenvalue weighted by molar-refractivity contribution is 5.81. The molecule has 0 amide bonds. The number of aromatic nitrogens is 2. The van der Waals surface area contributed by atoms with Crippen LogP contribution in [0.1, 0.15) is 6.92 Å². The highest BCUT2D eigenvalue weighted by Gasteiger charge is 2.17. The maximum absolute atomic E-state index is 13.6. The van der Waals surface area contributed by atoms with Gasteiger partial charge in [0.05, 0.1) is 23.0 Å². The first-order chi connectivity index (χ1) is 11.0. The molecule has 0 aliphatic heterocycles. The van der Waals surface area contributed by atoms with Crippen molar-refractivity contribution in [3.63, 3.8) is 0 Å². The molecule has 2 aromatic carbocycles. The van der Waals surface area contributed by atoms with E-state index < -0.39 is 11.6 Å². The Kier molecular flexibility index (Phi) is 3.78. The van der Waals surface area contributed by atoms with Crippen LogP contribution in [-0.2, 0) is 6.54 Å². The average Bonchev–Trinajstić information content (AvgIpc) is 2.86. The van der Waals surface area contributed by atoms with Crippen molar-refractivity contribution in [2.24, 2.45) is 5.92 Å². The lowest BCUT2D eigenvalue weighted by Crippen LogP contribution is -2.07. The molecule has 0 bridgehead atoms. The Morgan fingerprint density at radius 1 is 1.13 bits per heavy atom. The van der Waals surface area contributed by atoms with Crippen molar-refractivity contribution in [2.75, 3.05) is 0 Å². The molecule has 0 fully saturated rings. The number of fused-ring (bicyclic) bond motifs is 1. The van der Waals surface area contributed by atoms with Crippen LogP contribution < -0.4 is 0 Å². The highest BCUT2D eigenvalue weighted by atomic mass is 19.2. The lowest BCUT2D eigenvalue weighted by molar-refractivity contribution is 0.509. The van der Waals surface area contributed by atoms with Gasteiger partial charge in [-0.1, -0.05) is 0 Å². The number of nitrogens with zero attached hydrogens (tertiary/aromatic N) is 3. The first kappa shape index (κ1) is 15.1. The molecular formula is C17H12F3N3. The third kappa shape index (κ3) is 2.78. The molecule has 0 aliphatic carbocycles. The fraction of sp³-hybridized carbons (Fsp3) is 0.176. The zero-order valence-corrected chi connectivity index (χ0v) is 12.2. The minimum absolute atomic E-state index is 0.269. The van der Waals surface area contributed by atoms with Gasteiger partial charge in [-0.05, 0) is 31.2 Å². The molecule has 0 saturated heterocycles. The van der Waals surface area contributed by atoms with Crippen LogP contribution in [-0.4, -0.2) is 9.55 Å². The summed E-state index contributed by atoms with van der Waals surface area (Å²) < 4.78 is 41.8. The number of halogens is 3. The Balaban J connectivity index is 2.25. The van der Waals surface area contributed by atoms with E-state index in [9.17, 15) is 13.2 Å². The molecule has 0 aliphatic rings. The van der Waals surface area contributed by atoms with Crippen molar-refractivity contribution in [3.8, 4) is 17.5 Å². The van der Waals surface area contributed by atoms with Gasteiger partial charge in [0.15, 0.2) is 11.6 Å². The molecule has 0 radical (unpaired) electrons. The van der Waals surface area contributed by atoms with E-state index in [4.69, 9.17) is 5.26 Å². The summed E-state index contributed by atoms with van der Waals surface area (Å²) in [4.78, 5) is 4.33. The molecule has 3 aromatic rings. The number of nitriles is 1. The van der Waals surface area contributed by atoms with E-state index in [0.29, 0.717) is 16.9 Å². The summed E-state index contributed by atoms with van der Waals surface area (Å²) in [5.41, 5.74) is 1.28. The summed E-state index contributed by atoms with van der Waals surface area (Å²) in [6.45, 7) is 1.99. The average molecular weight is 315 g/mol. The van der Waals surface area contributed by atoms with Crippen LogP contribution in [0.3, 0.4) is 0 Å². The fourth-order valence-electron chi connectivity index (χ4n) is 2.44. The van der Waals surface area contributed by atoms with Crippen LogP contribution in [0.2, 0.25) is 0 Å². The minimum atomic E-state index is -0.985. The van der Waals surface area contributed by atoms with E-state index in [1.807, 2.05) is 0 Å². The molecule has 3 nitrogen and oxygen atoms in total. The number of hydrogen-bond donors (Lipinski definition) is 0. The van der Waals surface area contributed by atoms with Gasteiger partial charge in [0.25, 0.3) is 0 Å². The predicted molar refractivity (Wildman–Crippen MR) is 79.8 cm³/mol. The van der Waals surface area contributed by atoms with Gasteiger partial charge < -0.3 is 4.57 Å². The Morgan fingerprint density at radius 2 is 1.78 bits per heavy atom. The van der Waals surface area contributed by atoms with Gasteiger partial charge in [-0.3, -0.25) is 0 Å². The van der Waals surface area contributed by atoms with Crippen LogP contribution in [0.25, 0.3) is 22.4 Å². The Morgan fingerprint density at radius 3 is 2.43 bits per heavy atom. The van der Waals surface area contributed by atoms with Crippen LogP contribution in [0, 0.1) is 34.7 Å². The molecule has 3 rings (SSSR count). The molecule has 0 spiro atoms. The van der Waals surface area contributed by atoms with Gasteiger partial charge in [0.2, 0.25) is 0 Å². The van der Waals surface area contributed by atoms with Crippen LogP contribution >= 0.6 is 0 Å². The second-order valence-electron chi connectivity index (χ2n) is 5.34. The lowest BCUT2D eigenvalue weighted by Gasteiger charge is -2.10. The third-order valence-corrected chi connectivity index (χ3v) is 3.57. The van der Waals surface area contributed by atoms with Crippen molar-refractivity contribution in [1.82, 2.24) is 9.55 Å². The maximum Gasteiger partial charge on any atom is 0.161 e. The van der Waals surface area contributed by atoms with Crippen LogP contribution in [0.15, 0.2) is 36.4 Å². The second-order valence-corrected chi connectivity index (χ2v) is 5.34. The molecule has 1 atom stereocenters. The predicted octanol–water partition coefficient (Wildman–Crippen LogP) is 4.28. The van der Waals surface area contributed by atoms with Gasteiger partial charge in [0, 0.05) is 24.2 Å².